The molecule has 17 heavy (non-hydrogen) atoms. The number of halogens is 1. The van der Waals surface area contributed by atoms with Gasteiger partial charge < -0.3 is 0 Å². The molecule has 1 aliphatic heterocycles. The zero-order chi connectivity index (χ0) is 12.4. The minimum absolute atomic E-state index is 0.159. The molecule has 7 nitrogen and oxygen atoms in total. The molecule has 0 aromatic carbocycles. The van der Waals surface area contributed by atoms with Crippen LogP contribution >= 0.6 is 15.9 Å². The highest BCUT2D eigenvalue weighted by Crippen LogP contribution is 2.05. The summed E-state index contributed by atoms with van der Waals surface area (Å²) in [5.41, 5.74) is -1.14. The molecule has 0 atom stereocenters. The second-order valence-corrected chi connectivity index (χ2v) is 4.40. The molecule has 1 fully saturated rings. The number of H-pyrrole nitrogens is 1. The number of hydrogen-bond donors (Lipinski definition) is 1. The van der Waals surface area contributed by atoms with E-state index in [0.29, 0.717) is 13.2 Å². The molecule has 0 saturated carbocycles. The lowest BCUT2D eigenvalue weighted by Gasteiger charge is -2.14. The van der Waals surface area contributed by atoms with Crippen molar-refractivity contribution in [2.75, 3.05) is 13.2 Å². The van der Waals surface area contributed by atoms with Gasteiger partial charge in [-0.05, 0) is 22.4 Å². The Labute approximate surface area is 104 Å². The monoisotopic (exact) mass is 303 g/mol. The molecule has 0 aliphatic carbocycles. The standard InChI is InChI=1S/C9H10BrN3O4/c10-6-4-12(9(16)11-8(6)15)5-7(14)13-2-1-3-17-13/h4H,1-3,5H2,(H,11,15,16). The van der Waals surface area contributed by atoms with E-state index in [9.17, 15) is 14.4 Å². The third-order valence-corrected chi connectivity index (χ3v) is 2.87. The highest BCUT2D eigenvalue weighted by molar-refractivity contribution is 9.10. The number of nitrogens with zero attached hydrogens (tertiary/aromatic N) is 2. The maximum Gasteiger partial charge on any atom is 0.328 e. The van der Waals surface area contributed by atoms with E-state index in [1.54, 1.807) is 0 Å². The van der Waals surface area contributed by atoms with Gasteiger partial charge in [-0.15, -0.1) is 0 Å². The number of nitrogens with one attached hydrogen (secondary N) is 1. The van der Waals surface area contributed by atoms with Crippen LogP contribution in [-0.2, 0) is 16.2 Å². The molecule has 1 saturated heterocycles. The first-order valence-electron chi connectivity index (χ1n) is 5.00. The Morgan fingerprint density at radius 3 is 2.94 bits per heavy atom. The molecule has 8 heteroatoms. The number of amides is 1. The van der Waals surface area contributed by atoms with Crippen molar-refractivity contribution in [2.45, 2.75) is 13.0 Å². The van der Waals surface area contributed by atoms with Crippen LogP contribution in [0.25, 0.3) is 0 Å². The first kappa shape index (κ1) is 12.1. The van der Waals surface area contributed by atoms with E-state index in [2.05, 4.69) is 20.9 Å². The van der Waals surface area contributed by atoms with Crippen molar-refractivity contribution in [3.8, 4) is 0 Å². The van der Waals surface area contributed by atoms with Crippen LogP contribution in [0.2, 0.25) is 0 Å². The SMILES string of the molecule is O=C(Cn1cc(Br)c(=O)[nH]c1=O)N1CCCO1. The van der Waals surface area contributed by atoms with Gasteiger partial charge in [0, 0.05) is 6.20 Å². The molecule has 1 aliphatic rings. The molecule has 0 unspecified atom stereocenters. The summed E-state index contributed by atoms with van der Waals surface area (Å²) in [6.45, 7) is 0.877. The fourth-order valence-electron chi connectivity index (χ4n) is 1.47. The van der Waals surface area contributed by atoms with Gasteiger partial charge >= 0.3 is 5.69 Å². The number of rotatable bonds is 2. The fourth-order valence-corrected chi connectivity index (χ4v) is 1.82. The summed E-state index contributed by atoms with van der Waals surface area (Å²) in [5, 5.41) is 1.23. The maximum absolute atomic E-state index is 11.7. The Bertz CT molecular complexity index is 544. The topological polar surface area (TPSA) is 84.4 Å². The molecular formula is C9H10BrN3O4. The van der Waals surface area contributed by atoms with Crippen LogP contribution in [0, 0.1) is 0 Å². The normalized spacial score (nSPS) is 15.2. The lowest BCUT2D eigenvalue weighted by atomic mass is 10.4. The average molecular weight is 304 g/mol. The zero-order valence-corrected chi connectivity index (χ0v) is 10.4. The maximum atomic E-state index is 11.7. The van der Waals surface area contributed by atoms with Gasteiger partial charge in [-0.1, -0.05) is 0 Å². The number of hydrogen-bond acceptors (Lipinski definition) is 4. The molecular weight excluding hydrogens is 294 g/mol. The van der Waals surface area contributed by atoms with Crippen molar-refractivity contribution in [1.29, 1.82) is 0 Å². The second kappa shape index (κ2) is 4.84. The third kappa shape index (κ3) is 2.64. The highest BCUT2D eigenvalue weighted by atomic mass is 79.9. The van der Waals surface area contributed by atoms with E-state index in [0.717, 1.165) is 11.0 Å². The van der Waals surface area contributed by atoms with E-state index < -0.39 is 11.2 Å². The molecule has 0 spiro atoms. The smallest absolute Gasteiger partial charge is 0.290 e. The van der Waals surface area contributed by atoms with Gasteiger partial charge in [0.2, 0.25) is 0 Å². The number of aromatic nitrogens is 2. The van der Waals surface area contributed by atoms with Gasteiger partial charge in [0.15, 0.2) is 0 Å². The quantitative estimate of drug-likeness (QED) is 0.795. The van der Waals surface area contributed by atoms with Crippen LogP contribution < -0.4 is 11.2 Å². The summed E-state index contributed by atoms with van der Waals surface area (Å²) in [7, 11) is 0. The summed E-state index contributed by atoms with van der Waals surface area (Å²) in [4.78, 5) is 41.4. The number of hydroxylamine groups is 2. The molecule has 0 bridgehead atoms. The molecule has 2 rings (SSSR count). The van der Waals surface area contributed by atoms with Crippen molar-refractivity contribution in [3.05, 3.63) is 31.5 Å². The predicted octanol–water partition coefficient (Wildman–Crippen LogP) is -0.537. The molecule has 2 heterocycles. The molecule has 1 amide bonds. The van der Waals surface area contributed by atoms with Gasteiger partial charge in [0.25, 0.3) is 11.5 Å². The lowest BCUT2D eigenvalue weighted by Crippen LogP contribution is -2.36. The van der Waals surface area contributed by atoms with Crippen LogP contribution in [0.4, 0.5) is 0 Å². The molecule has 0 radical (unpaired) electrons. The van der Waals surface area contributed by atoms with Crippen molar-refractivity contribution in [3.63, 3.8) is 0 Å². The van der Waals surface area contributed by atoms with Crippen LogP contribution in [0.3, 0.4) is 0 Å². The van der Waals surface area contributed by atoms with Gasteiger partial charge in [-0.2, -0.15) is 0 Å². The average Bonchev–Trinajstić information content (AvgIpc) is 2.79. The van der Waals surface area contributed by atoms with Crippen molar-refractivity contribution >= 4 is 21.8 Å². The Morgan fingerprint density at radius 2 is 2.29 bits per heavy atom. The second-order valence-electron chi connectivity index (χ2n) is 3.55. The van der Waals surface area contributed by atoms with Gasteiger partial charge in [-0.3, -0.25) is 24.0 Å². The van der Waals surface area contributed by atoms with E-state index in [4.69, 9.17) is 4.84 Å². The minimum atomic E-state index is -0.620. The summed E-state index contributed by atoms with van der Waals surface area (Å²) in [6.07, 6.45) is 2.07. The van der Waals surface area contributed by atoms with Crippen molar-refractivity contribution in [2.24, 2.45) is 0 Å². The van der Waals surface area contributed by atoms with Crippen LogP contribution in [-0.4, -0.2) is 33.7 Å². The first-order valence-corrected chi connectivity index (χ1v) is 5.80. The Kier molecular flexibility index (Phi) is 3.43. The highest BCUT2D eigenvalue weighted by Gasteiger charge is 2.20. The zero-order valence-electron chi connectivity index (χ0n) is 8.81. The predicted molar refractivity (Wildman–Crippen MR) is 61.3 cm³/mol. The number of carbonyl (C=O) groups is 1. The minimum Gasteiger partial charge on any atom is -0.290 e. The molecule has 1 aromatic rings. The fraction of sp³-hybridized carbons (Fsp3) is 0.444. The largest absolute Gasteiger partial charge is 0.328 e. The van der Waals surface area contributed by atoms with Gasteiger partial charge in [0.1, 0.15) is 6.54 Å². The number of carbonyl (C=O) groups excluding carboxylic acids is 1. The summed E-state index contributed by atoms with van der Waals surface area (Å²) < 4.78 is 1.32. The molecule has 1 N–H and O–H groups in total. The van der Waals surface area contributed by atoms with Crippen LogP contribution in [0.1, 0.15) is 6.42 Å². The Hall–Kier alpha value is -1.41. The Balaban J connectivity index is 2.18. The van der Waals surface area contributed by atoms with Crippen molar-refractivity contribution < 1.29 is 9.63 Å². The molecule has 1 aromatic heterocycles. The molecule has 92 valence electrons. The van der Waals surface area contributed by atoms with Gasteiger partial charge in [-0.25, -0.2) is 9.86 Å². The van der Waals surface area contributed by atoms with Crippen LogP contribution in [0.5, 0.6) is 0 Å². The summed E-state index contributed by atoms with van der Waals surface area (Å²) >= 11 is 2.99. The van der Waals surface area contributed by atoms with E-state index in [1.807, 2.05) is 0 Å². The van der Waals surface area contributed by atoms with E-state index >= 15 is 0 Å². The van der Waals surface area contributed by atoms with Crippen LogP contribution in [0.15, 0.2) is 20.3 Å². The Morgan fingerprint density at radius 1 is 1.53 bits per heavy atom. The summed E-state index contributed by atoms with van der Waals surface area (Å²) in [6, 6.07) is 0. The lowest BCUT2D eigenvalue weighted by molar-refractivity contribution is -0.169. The number of aromatic amines is 1. The van der Waals surface area contributed by atoms with E-state index in [1.165, 1.54) is 11.3 Å². The van der Waals surface area contributed by atoms with E-state index in [-0.39, 0.29) is 16.9 Å². The summed E-state index contributed by atoms with van der Waals surface area (Å²) in [5.74, 6) is -0.316. The van der Waals surface area contributed by atoms with Crippen molar-refractivity contribution in [1.82, 2.24) is 14.6 Å². The third-order valence-electron chi connectivity index (χ3n) is 2.30. The first-order chi connectivity index (χ1) is 8.08. The van der Waals surface area contributed by atoms with Gasteiger partial charge in [0.05, 0.1) is 17.6 Å².